The molecule has 0 saturated heterocycles. The Morgan fingerprint density at radius 1 is 1.00 bits per heavy atom. The highest BCUT2D eigenvalue weighted by Crippen LogP contribution is 1.96. The summed E-state index contributed by atoms with van der Waals surface area (Å²) >= 11 is 0. The highest BCUT2D eigenvalue weighted by molar-refractivity contribution is 6.34. The van der Waals surface area contributed by atoms with Gasteiger partial charge in [-0.15, -0.1) is 0 Å². The van der Waals surface area contributed by atoms with E-state index in [2.05, 4.69) is 5.73 Å². The molecule has 0 fully saturated rings. The molecular formula is C9H9N3O3. The fraction of sp³-hybridized carbons (Fsp3) is 0. The van der Waals surface area contributed by atoms with E-state index in [4.69, 9.17) is 0 Å². The lowest BCUT2D eigenvalue weighted by Crippen LogP contribution is -2.47. The largest absolute Gasteiger partial charge is 0.361 e. The highest BCUT2D eigenvalue weighted by Gasteiger charge is 2.10. The Morgan fingerprint density at radius 2 is 1.60 bits per heavy atom. The van der Waals surface area contributed by atoms with Gasteiger partial charge < -0.3 is 5.73 Å². The van der Waals surface area contributed by atoms with Crippen molar-refractivity contribution < 1.29 is 14.4 Å². The molecule has 78 valence electrons. The predicted molar refractivity (Wildman–Crippen MR) is 51.2 cm³/mol. The van der Waals surface area contributed by atoms with Gasteiger partial charge in [0.15, 0.2) is 0 Å². The van der Waals surface area contributed by atoms with Crippen molar-refractivity contribution in [3.8, 4) is 0 Å². The van der Waals surface area contributed by atoms with Crippen molar-refractivity contribution in [1.82, 2.24) is 10.9 Å². The second-order valence-electron chi connectivity index (χ2n) is 2.64. The van der Waals surface area contributed by atoms with Gasteiger partial charge in [0, 0.05) is 5.56 Å². The van der Waals surface area contributed by atoms with Crippen LogP contribution in [0.15, 0.2) is 30.3 Å². The number of hydrogen-bond donors (Lipinski definition) is 3. The number of amides is 3. The first-order valence-corrected chi connectivity index (χ1v) is 4.06. The average Bonchev–Trinajstić information content (AvgIpc) is 2.26. The highest BCUT2D eigenvalue weighted by atomic mass is 16.2. The Hall–Kier alpha value is -2.37. The normalized spacial score (nSPS) is 9.07. The maximum Gasteiger partial charge on any atom is 0.327 e. The third kappa shape index (κ3) is 3.11. The van der Waals surface area contributed by atoms with Crippen LogP contribution in [0.2, 0.25) is 0 Å². The molecule has 0 aromatic heterocycles. The summed E-state index contributed by atoms with van der Waals surface area (Å²) in [6.45, 7) is 0. The SMILES string of the molecule is NC(=O)C(=O)NNC(=O)c1ccccc1. The Balaban J connectivity index is 2.51. The lowest BCUT2D eigenvalue weighted by Gasteiger charge is -2.04. The van der Waals surface area contributed by atoms with Crippen molar-refractivity contribution in [2.45, 2.75) is 0 Å². The molecule has 0 saturated carbocycles. The van der Waals surface area contributed by atoms with E-state index in [9.17, 15) is 14.4 Å². The van der Waals surface area contributed by atoms with Gasteiger partial charge >= 0.3 is 11.8 Å². The number of nitrogens with two attached hydrogens (primary N) is 1. The second kappa shape index (κ2) is 4.75. The van der Waals surface area contributed by atoms with Crippen LogP contribution in [0.5, 0.6) is 0 Å². The number of hydrogen-bond acceptors (Lipinski definition) is 3. The molecule has 6 nitrogen and oxygen atoms in total. The molecule has 0 radical (unpaired) electrons. The van der Waals surface area contributed by atoms with Gasteiger partial charge in [-0.05, 0) is 12.1 Å². The molecule has 1 rings (SSSR count). The summed E-state index contributed by atoms with van der Waals surface area (Å²) in [4.78, 5) is 32.3. The van der Waals surface area contributed by atoms with Gasteiger partial charge in [0.2, 0.25) is 0 Å². The summed E-state index contributed by atoms with van der Waals surface area (Å²) in [5.41, 5.74) is 8.93. The third-order valence-electron chi connectivity index (χ3n) is 1.55. The van der Waals surface area contributed by atoms with Crippen molar-refractivity contribution in [2.75, 3.05) is 0 Å². The van der Waals surface area contributed by atoms with Gasteiger partial charge in [-0.2, -0.15) is 0 Å². The van der Waals surface area contributed by atoms with Crippen LogP contribution in [0.3, 0.4) is 0 Å². The minimum absolute atomic E-state index is 0.363. The Kier molecular flexibility index (Phi) is 3.39. The van der Waals surface area contributed by atoms with Crippen LogP contribution in [0.4, 0.5) is 0 Å². The minimum Gasteiger partial charge on any atom is -0.361 e. The number of hydrazine groups is 1. The van der Waals surface area contributed by atoms with E-state index in [0.717, 1.165) is 0 Å². The van der Waals surface area contributed by atoms with E-state index in [1.807, 2.05) is 10.9 Å². The van der Waals surface area contributed by atoms with E-state index in [-0.39, 0.29) is 0 Å². The molecule has 3 amide bonds. The summed E-state index contributed by atoms with van der Waals surface area (Å²) in [5, 5.41) is 0. The van der Waals surface area contributed by atoms with E-state index in [0.29, 0.717) is 5.56 Å². The van der Waals surface area contributed by atoms with Crippen LogP contribution in [0.1, 0.15) is 10.4 Å². The molecule has 6 heteroatoms. The van der Waals surface area contributed by atoms with Crippen LogP contribution < -0.4 is 16.6 Å². The van der Waals surface area contributed by atoms with Crippen molar-refractivity contribution in [1.29, 1.82) is 0 Å². The second-order valence-corrected chi connectivity index (χ2v) is 2.64. The van der Waals surface area contributed by atoms with Crippen molar-refractivity contribution in [3.05, 3.63) is 35.9 Å². The van der Waals surface area contributed by atoms with Crippen LogP contribution in [0.25, 0.3) is 0 Å². The molecular weight excluding hydrogens is 198 g/mol. The lowest BCUT2D eigenvalue weighted by atomic mass is 10.2. The first-order valence-electron chi connectivity index (χ1n) is 4.06. The zero-order valence-corrected chi connectivity index (χ0v) is 7.69. The minimum atomic E-state index is -1.16. The first-order chi connectivity index (χ1) is 7.11. The Bertz CT molecular complexity index is 389. The Morgan fingerprint density at radius 3 is 2.13 bits per heavy atom. The number of carbonyl (C=O) groups is 3. The third-order valence-corrected chi connectivity index (χ3v) is 1.55. The summed E-state index contributed by atoms with van der Waals surface area (Å²) < 4.78 is 0. The maximum atomic E-state index is 11.3. The molecule has 1 aromatic carbocycles. The zero-order chi connectivity index (χ0) is 11.3. The topological polar surface area (TPSA) is 101 Å². The number of benzene rings is 1. The van der Waals surface area contributed by atoms with Crippen molar-refractivity contribution in [3.63, 3.8) is 0 Å². The number of carbonyl (C=O) groups excluding carboxylic acids is 3. The molecule has 0 bridgehead atoms. The summed E-state index contributed by atoms with van der Waals surface area (Å²) in [7, 11) is 0. The monoisotopic (exact) mass is 207 g/mol. The molecule has 0 aliphatic heterocycles. The van der Waals surface area contributed by atoms with E-state index in [1.54, 1.807) is 30.3 Å². The van der Waals surface area contributed by atoms with E-state index in [1.165, 1.54) is 0 Å². The maximum absolute atomic E-state index is 11.3. The average molecular weight is 207 g/mol. The molecule has 0 aliphatic carbocycles. The van der Waals surface area contributed by atoms with Crippen LogP contribution in [0, 0.1) is 0 Å². The van der Waals surface area contributed by atoms with E-state index >= 15 is 0 Å². The number of rotatable bonds is 1. The first kappa shape index (κ1) is 10.7. The number of primary amides is 1. The molecule has 15 heavy (non-hydrogen) atoms. The molecule has 0 spiro atoms. The molecule has 4 N–H and O–H groups in total. The van der Waals surface area contributed by atoms with Gasteiger partial charge in [0.1, 0.15) is 0 Å². The smallest absolute Gasteiger partial charge is 0.327 e. The predicted octanol–water partition coefficient (Wildman–Crippen LogP) is -1.07. The standard InChI is InChI=1S/C9H9N3O3/c10-7(13)9(15)12-11-8(14)6-4-2-1-3-5-6/h1-5H,(H2,10,13)(H,11,14)(H,12,15). The molecule has 0 heterocycles. The van der Waals surface area contributed by atoms with Gasteiger partial charge in [0.25, 0.3) is 5.91 Å². The fourth-order valence-electron chi connectivity index (χ4n) is 0.837. The van der Waals surface area contributed by atoms with Crippen LogP contribution in [-0.2, 0) is 9.59 Å². The number of nitrogens with one attached hydrogen (secondary N) is 2. The lowest BCUT2D eigenvalue weighted by molar-refractivity contribution is -0.137. The summed E-state index contributed by atoms with van der Waals surface area (Å²) in [5.74, 6) is -2.76. The van der Waals surface area contributed by atoms with Crippen molar-refractivity contribution in [2.24, 2.45) is 5.73 Å². The van der Waals surface area contributed by atoms with Gasteiger partial charge in [-0.1, -0.05) is 18.2 Å². The van der Waals surface area contributed by atoms with Crippen molar-refractivity contribution >= 4 is 17.7 Å². The van der Waals surface area contributed by atoms with Gasteiger partial charge in [-0.25, -0.2) is 0 Å². The fourth-order valence-corrected chi connectivity index (χ4v) is 0.837. The molecule has 1 aromatic rings. The summed E-state index contributed by atoms with van der Waals surface area (Å²) in [6, 6.07) is 8.21. The zero-order valence-electron chi connectivity index (χ0n) is 7.69. The van der Waals surface area contributed by atoms with Crippen LogP contribution in [-0.4, -0.2) is 17.7 Å². The Labute approximate surface area is 85.4 Å². The van der Waals surface area contributed by atoms with Gasteiger partial charge in [-0.3, -0.25) is 25.2 Å². The summed E-state index contributed by atoms with van der Waals surface area (Å²) in [6.07, 6.45) is 0. The molecule has 0 unspecified atom stereocenters. The van der Waals surface area contributed by atoms with E-state index < -0.39 is 17.7 Å². The molecule has 0 atom stereocenters. The van der Waals surface area contributed by atoms with Crippen LogP contribution >= 0.6 is 0 Å². The molecule has 0 aliphatic rings. The van der Waals surface area contributed by atoms with Gasteiger partial charge in [0.05, 0.1) is 0 Å². The quantitative estimate of drug-likeness (QED) is 0.403.